The molecule has 0 bridgehead atoms. The molecule has 1 spiro atoms. The molecule has 0 atom stereocenters. The van der Waals surface area contributed by atoms with Crippen molar-refractivity contribution in [3.05, 3.63) is 83.3 Å². The summed E-state index contributed by atoms with van der Waals surface area (Å²) in [5.74, 6) is 0.360. The molecule has 0 unspecified atom stereocenters. The predicted octanol–water partition coefficient (Wildman–Crippen LogP) is 5.96. The van der Waals surface area contributed by atoms with Crippen molar-refractivity contribution in [1.82, 2.24) is 9.88 Å². The lowest BCUT2D eigenvalue weighted by atomic mass is 9.81. The lowest BCUT2D eigenvalue weighted by Gasteiger charge is -2.48. The number of sulfone groups is 1. The van der Waals surface area contributed by atoms with Crippen LogP contribution in [0.1, 0.15) is 56.7 Å². The number of aryl methyl sites for hydroxylation is 1. The van der Waals surface area contributed by atoms with Crippen LogP contribution in [0.2, 0.25) is 0 Å². The summed E-state index contributed by atoms with van der Waals surface area (Å²) in [6.45, 7) is 8.95. The van der Waals surface area contributed by atoms with Crippen LogP contribution in [0.4, 0.5) is 4.39 Å². The van der Waals surface area contributed by atoms with E-state index in [4.69, 9.17) is 4.74 Å². The summed E-state index contributed by atoms with van der Waals surface area (Å²) in [5, 5.41) is 0. The number of halogens is 1. The quantitative estimate of drug-likeness (QED) is 0.414. The van der Waals surface area contributed by atoms with Gasteiger partial charge in [0.25, 0.3) is 0 Å². The Labute approximate surface area is 219 Å². The summed E-state index contributed by atoms with van der Waals surface area (Å²) >= 11 is 0. The number of aromatic nitrogens is 1. The maximum Gasteiger partial charge on any atom is 0.158 e. The van der Waals surface area contributed by atoms with E-state index < -0.39 is 9.84 Å². The van der Waals surface area contributed by atoms with Crippen molar-refractivity contribution in [3.8, 4) is 17.0 Å². The van der Waals surface area contributed by atoms with Crippen molar-refractivity contribution in [2.45, 2.75) is 69.1 Å². The molecule has 2 aliphatic heterocycles. The van der Waals surface area contributed by atoms with E-state index in [0.717, 1.165) is 55.8 Å². The van der Waals surface area contributed by atoms with Crippen LogP contribution in [0.25, 0.3) is 11.3 Å². The first-order valence-corrected chi connectivity index (χ1v) is 14.8. The number of hydrogen-bond acceptors (Lipinski definition) is 5. The molecule has 0 radical (unpaired) electrons. The van der Waals surface area contributed by atoms with Crippen LogP contribution in [0.3, 0.4) is 0 Å². The molecular formula is C30H35FN2O3S. The van der Waals surface area contributed by atoms with Gasteiger partial charge in [-0.2, -0.15) is 0 Å². The van der Waals surface area contributed by atoms with E-state index in [0.29, 0.717) is 11.1 Å². The first-order chi connectivity index (χ1) is 17.5. The van der Waals surface area contributed by atoms with Crippen LogP contribution in [-0.2, 0) is 27.8 Å². The minimum absolute atomic E-state index is 0.0600. The number of ether oxygens (including phenoxy) is 1. The molecule has 2 aliphatic rings. The molecule has 1 aromatic heterocycles. The van der Waals surface area contributed by atoms with Crippen molar-refractivity contribution in [3.63, 3.8) is 0 Å². The van der Waals surface area contributed by atoms with Gasteiger partial charge in [0, 0.05) is 30.4 Å². The van der Waals surface area contributed by atoms with E-state index in [1.165, 1.54) is 29.8 Å². The summed E-state index contributed by atoms with van der Waals surface area (Å²) in [5.41, 5.74) is 4.35. The Balaban J connectivity index is 1.24. The van der Waals surface area contributed by atoms with Crippen LogP contribution in [-0.4, -0.2) is 42.5 Å². The molecule has 3 aromatic rings. The first kappa shape index (κ1) is 25.9. The first-order valence-electron chi connectivity index (χ1n) is 13.0. The van der Waals surface area contributed by atoms with Gasteiger partial charge in [-0.1, -0.05) is 18.2 Å². The van der Waals surface area contributed by atoms with Crippen LogP contribution < -0.4 is 4.74 Å². The van der Waals surface area contributed by atoms with Crippen LogP contribution in [0, 0.1) is 5.82 Å². The highest BCUT2D eigenvalue weighted by molar-refractivity contribution is 7.89. The highest BCUT2D eigenvalue weighted by Gasteiger charge is 2.41. The number of pyridine rings is 1. The smallest absolute Gasteiger partial charge is 0.158 e. The minimum Gasteiger partial charge on any atom is -0.487 e. The Bertz CT molecular complexity index is 1360. The number of benzene rings is 2. The second-order valence-corrected chi connectivity index (χ2v) is 13.5. The molecule has 5 rings (SSSR count). The number of nitrogens with zero attached hydrogens (tertiary/aromatic N) is 2. The monoisotopic (exact) mass is 522 g/mol. The second-order valence-electron chi connectivity index (χ2n) is 11.5. The third-order valence-electron chi connectivity index (χ3n) is 7.67. The average Bonchev–Trinajstić information content (AvgIpc) is 2.85. The highest BCUT2D eigenvalue weighted by Crippen LogP contribution is 2.41. The summed E-state index contributed by atoms with van der Waals surface area (Å²) in [6.07, 6.45) is 5.75. The molecule has 2 aromatic carbocycles. The average molecular weight is 523 g/mol. The zero-order valence-corrected chi connectivity index (χ0v) is 22.7. The van der Waals surface area contributed by atoms with Crippen LogP contribution in [0.5, 0.6) is 5.75 Å². The minimum atomic E-state index is -3.40. The molecule has 0 amide bonds. The molecular weight excluding hydrogens is 487 g/mol. The Morgan fingerprint density at radius 1 is 0.946 bits per heavy atom. The maximum absolute atomic E-state index is 13.1. The van der Waals surface area contributed by atoms with E-state index in [2.05, 4.69) is 42.8 Å². The third-order valence-corrected chi connectivity index (χ3v) is 9.21. The molecule has 0 saturated carbocycles. The van der Waals surface area contributed by atoms with E-state index in [1.807, 2.05) is 18.2 Å². The maximum atomic E-state index is 13.1. The fourth-order valence-corrected chi connectivity index (χ4v) is 6.92. The SMILES string of the molecule is CC(C)(C)N1CCC2(CCc3cc(-c4ccc(CS(=O)(=O)Cc5ccc(F)cc5)cn4)ccc3O2)CC1. The van der Waals surface area contributed by atoms with Crippen molar-refractivity contribution in [2.24, 2.45) is 0 Å². The summed E-state index contributed by atoms with van der Waals surface area (Å²) in [7, 11) is -3.40. The molecule has 196 valence electrons. The van der Waals surface area contributed by atoms with E-state index in [-0.39, 0.29) is 28.5 Å². The number of likely N-dealkylation sites (tertiary alicyclic amines) is 1. The number of hydrogen-bond donors (Lipinski definition) is 0. The Morgan fingerprint density at radius 2 is 1.62 bits per heavy atom. The molecule has 0 N–H and O–H groups in total. The molecule has 37 heavy (non-hydrogen) atoms. The molecule has 1 saturated heterocycles. The molecule has 0 aliphatic carbocycles. The van der Waals surface area contributed by atoms with E-state index >= 15 is 0 Å². The molecule has 1 fully saturated rings. The van der Waals surface area contributed by atoms with Crippen molar-refractivity contribution >= 4 is 9.84 Å². The van der Waals surface area contributed by atoms with Gasteiger partial charge in [-0.3, -0.25) is 9.88 Å². The van der Waals surface area contributed by atoms with Gasteiger partial charge in [-0.25, -0.2) is 12.8 Å². The van der Waals surface area contributed by atoms with Gasteiger partial charge in [0.15, 0.2) is 9.84 Å². The van der Waals surface area contributed by atoms with Crippen LogP contribution >= 0.6 is 0 Å². The Kier molecular flexibility index (Phi) is 6.88. The largest absolute Gasteiger partial charge is 0.487 e. The van der Waals surface area contributed by atoms with Gasteiger partial charge in [0.2, 0.25) is 0 Å². The zero-order valence-electron chi connectivity index (χ0n) is 21.8. The zero-order chi connectivity index (χ0) is 26.3. The van der Waals surface area contributed by atoms with Gasteiger partial charge in [-0.15, -0.1) is 0 Å². The third kappa shape index (κ3) is 6.04. The summed E-state index contributed by atoms with van der Waals surface area (Å²) in [4.78, 5) is 7.10. The van der Waals surface area contributed by atoms with Gasteiger partial charge in [-0.05, 0) is 99.5 Å². The Hall–Kier alpha value is -2.77. The predicted molar refractivity (Wildman–Crippen MR) is 145 cm³/mol. The van der Waals surface area contributed by atoms with Gasteiger partial charge >= 0.3 is 0 Å². The van der Waals surface area contributed by atoms with Crippen molar-refractivity contribution in [1.29, 1.82) is 0 Å². The lowest BCUT2D eigenvalue weighted by Crippen LogP contribution is -2.54. The highest BCUT2D eigenvalue weighted by atomic mass is 32.2. The Morgan fingerprint density at radius 3 is 2.27 bits per heavy atom. The fraction of sp³-hybridized carbons (Fsp3) is 0.433. The standard InChI is InChI=1S/C30H35FN2O3S/c1-29(2,3)33-16-14-30(15-17-33)13-12-25-18-24(7-11-28(25)36-30)27-10-6-23(19-32-27)21-37(34,35)20-22-4-8-26(31)9-5-22/h4-11,18-19H,12-17,20-21H2,1-3H3. The molecule has 5 nitrogen and oxygen atoms in total. The summed E-state index contributed by atoms with van der Waals surface area (Å²) < 4.78 is 45.0. The number of rotatable bonds is 5. The topological polar surface area (TPSA) is 59.5 Å². The van der Waals surface area contributed by atoms with Crippen LogP contribution in [0.15, 0.2) is 60.8 Å². The number of fused-ring (bicyclic) bond motifs is 1. The van der Waals surface area contributed by atoms with Crippen molar-refractivity contribution in [2.75, 3.05) is 13.1 Å². The second kappa shape index (κ2) is 9.84. The van der Waals surface area contributed by atoms with Crippen molar-refractivity contribution < 1.29 is 17.5 Å². The van der Waals surface area contributed by atoms with E-state index in [1.54, 1.807) is 6.20 Å². The van der Waals surface area contributed by atoms with E-state index in [9.17, 15) is 12.8 Å². The normalized spacial score (nSPS) is 17.8. The lowest BCUT2D eigenvalue weighted by molar-refractivity contribution is -0.0355. The molecule has 7 heteroatoms. The fourth-order valence-electron chi connectivity index (χ4n) is 5.44. The number of piperidine rings is 1. The van der Waals surface area contributed by atoms with Gasteiger partial charge in [0.05, 0.1) is 17.2 Å². The molecule has 3 heterocycles. The summed E-state index contributed by atoms with van der Waals surface area (Å²) in [6, 6.07) is 15.5. The van der Waals surface area contributed by atoms with Gasteiger partial charge < -0.3 is 4.74 Å². The van der Waals surface area contributed by atoms with Gasteiger partial charge in [0.1, 0.15) is 17.2 Å².